The average Bonchev–Trinajstić information content (AvgIpc) is 3.32. The maximum absolute atomic E-state index is 10.9. The van der Waals surface area contributed by atoms with Crippen molar-refractivity contribution in [3.8, 4) is 0 Å². The van der Waals surface area contributed by atoms with E-state index in [-0.39, 0.29) is 5.69 Å². The van der Waals surface area contributed by atoms with E-state index in [9.17, 15) is 10.1 Å². The van der Waals surface area contributed by atoms with E-state index in [1.54, 1.807) is 22.7 Å². The smallest absolute Gasteiger partial charge is 0.269 e. The third kappa shape index (κ3) is 2.78. The first-order chi connectivity index (χ1) is 11.6. The van der Waals surface area contributed by atoms with Gasteiger partial charge in [0, 0.05) is 30.3 Å². The number of hydrogen-bond donors (Lipinski definition) is 1. The van der Waals surface area contributed by atoms with Crippen molar-refractivity contribution >= 4 is 28.8 Å². The summed E-state index contributed by atoms with van der Waals surface area (Å²) in [7, 11) is 0. The van der Waals surface area contributed by atoms with Crippen molar-refractivity contribution in [1.82, 2.24) is 14.6 Å². The minimum atomic E-state index is -0.402. The third-order valence-corrected chi connectivity index (χ3v) is 4.27. The molecule has 122 valence electrons. The zero-order chi connectivity index (χ0) is 16.7. The van der Waals surface area contributed by atoms with E-state index in [0.717, 1.165) is 29.6 Å². The zero-order valence-electron chi connectivity index (χ0n) is 12.6. The molecule has 1 fully saturated rings. The summed E-state index contributed by atoms with van der Waals surface area (Å²) in [6, 6.07) is 8.23. The van der Waals surface area contributed by atoms with Gasteiger partial charge in [0.1, 0.15) is 11.0 Å². The summed E-state index contributed by atoms with van der Waals surface area (Å²) < 4.78 is 1.73. The van der Waals surface area contributed by atoms with Crippen LogP contribution < -0.4 is 5.32 Å². The van der Waals surface area contributed by atoms with Gasteiger partial charge in [-0.2, -0.15) is 9.61 Å². The molecule has 3 aromatic rings. The lowest BCUT2D eigenvalue weighted by atomic mass is 10.2. The Morgan fingerprint density at radius 3 is 2.96 bits per heavy atom. The van der Waals surface area contributed by atoms with Crippen LogP contribution in [0.5, 0.6) is 0 Å². The van der Waals surface area contributed by atoms with Crippen LogP contribution in [0.4, 0.5) is 11.5 Å². The van der Waals surface area contributed by atoms with Crippen molar-refractivity contribution < 1.29 is 4.92 Å². The van der Waals surface area contributed by atoms with E-state index >= 15 is 0 Å². The van der Waals surface area contributed by atoms with Crippen LogP contribution in [0.15, 0.2) is 36.5 Å². The Labute approximate surface area is 142 Å². The van der Waals surface area contributed by atoms with Gasteiger partial charge in [-0.15, -0.1) is 0 Å². The minimum Gasteiger partial charge on any atom is -0.366 e. The summed E-state index contributed by atoms with van der Waals surface area (Å²) in [5, 5.41) is 18.9. The number of fused-ring (bicyclic) bond motifs is 1. The van der Waals surface area contributed by atoms with Crippen LogP contribution in [0.3, 0.4) is 0 Å². The van der Waals surface area contributed by atoms with Gasteiger partial charge < -0.3 is 5.32 Å². The zero-order valence-corrected chi connectivity index (χ0v) is 13.4. The van der Waals surface area contributed by atoms with Gasteiger partial charge in [0.25, 0.3) is 5.69 Å². The first-order valence-electron chi connectivity index (χ1n) is 7.63. The molecule has 1 aliphatic rings. The largest absolute Gasteiger partial charge is 0.366 e. The summed E-state index contributed by atoms with van der Waals surface area (Å²) >= 11 is 6.14. The fourth-order valence-corrected chi connectivity index (χ4v) is 2.91. The van der Waals surface area contributed by atoms with E-state index in [1.165, 1.54) is 6.07 Å². The molecule has 0 spiro atoms. The van der Waals surface area contributed by atoms with Crippen molar-refractivity contribution in [3.63, 3.8) is 0 Å². The molecule has 1 N–H and O–H groups in total. The second-order valence-electron chi connectivity index (χ2n) is 5.85. The molecule has 24 heavy (non-hydrogen) atoms. The fourth-order valence-electron chi connectivity index (χ4n) is 2.73. The number of nitro groups is 1. The number of non-ortho nitro benzene ring substituents is 1. The van der Waals surface area contributed by atoms with Crippen molar-refractivity contribution in [2.75, 3.05) is 5.32 Å². The van der Waals surface area contributed by atoms with Gasteiger partial charge in [-0.1, -0.05) is 23.7 Å². The Bertz CT molecular complexity index is 935. The molecule has 7 nitrogen and oxygen atoms in total. The Hall–Kier alpha value is -2.67. The fraction of sp³-hybridized carbons (Fsp3) is 0.250. The van der Waals surface area contributed by atoms with Crippen LogP contribution in [0.25, 0.3) is 5.65 Å². The molecule has 0 unspecified atom stereocenters. The number of hydrogen-bond acceptors (Lipinski definition) is 5. The van der Waals surface area contributed by atoms with Gasteiger partial charge in [-0.25, -0.2) is 4.98 Å². The minimum absolute atomic E-state index is 0.0716. The Morgan fingerprint density at radius 2 is 2.21 bits per heavy atom. The molecular formula is C16H14ClN5O2. The predicted molar refractivity (Wildman–Crippen MR) is 90.4 cm³/mol. The first kappa shape index (κ1) is 14.9. The lowest BCUT2D eigenvalue weighted by molar-refractivity contribution is -0.384. The number of anilines is 1. The van der Waals surface area contributed by atoms with Crippen LogP contribution in [0.2, 0.25) is 5.15 Å². The molecule has 0 radical (unpaired) electrons. The lowest BCUT2D eigenvalue weighted by Crippen LogP contribution is -2.06. The Kier molecular flexibility index (Phi) is 3.57. The molecule has 0 atom stereocenters. The molecule has 8 heteroatoms. The van der Waals surface area contributed by atoms with Crippen molar-refractivity contribution in [2.24, 2.45) is 0 Å². The van der Waals surface area contributed by atoms with E-state index < -0.39 is 4.92 Å². The van der Waals surface area contributed by atoms with Gasteiger partial charge in [-0.3, -0.25) is 10.1 Å². The molecule has 1 saturated carbocycles. The van der Waals surface area contributed by atoms with Crippen LogP contribution in [0, 0.1) is 10.1 Å². The topological polar surface area (TPSA) is 85.4 Å². The van der Waals surface area contributed by atoms with Gasteiger partial charge in [0.2, 0.25) is 0 Å². The molecule has 1 aromatic carbocycles. The Balaban J connectivity index is 1.62. The molecule has 0 bridgehead atoms. The number of nitrogens with zero attached hydrogens (tertiary/aromatic N) is 4. The van der Waals surface area contributed by atoms with Crippen LogP contribution in [0.1, 0.15) is 29.9 Å². The maximum atomic E-state index is 10.9. The number of benzene rings is 1. The summed E-state index contributed by atoms with van der Waals surface area (Å²) in [5.74, 6) is 1.24. The highest BCUT2D eigenvalue weighted by Gasteiger charge is 2.28. The van der Waals surface area contributed by atoms with Gasteiger partial charge >= 0.3 is 0 Å². The molecular weight excluding hydrogens is 330 g/mol. The van der Waals surface area contributed by atoms with Gasteiger partial charge in [0.15, 0.2) is 5.65 Å². The SMILES string of the molecule is O=[N+]([O-])c1cccc(CNc2cc(Cl)nc3c(C4CC4)cnn23)c1. The second-order valence-corrected chi connectivity index (χ2v) is 6.24. The predicted octanol–water partition coefficient (Wildman–Crippen LogP) is 3.78. The summed E-state index contributed by atoms with van der Waals surface area (Å²) in [4.78, 5) is 14.8. The van der Waals surface area contributed by atoms with Gasteiger partial charge in [-0.05, 0) is 24.3 Å². The molecule has 0 aliphatic heterocycles. The summed E-state index contributed by atoms with van der Waals surface area (Å²) in [6.07, 6.45) is 4.16. The summed E-state index contributed by atoms with van der Waals surface area (Å²) in [5.41, 5.74) is 2.77. The van der Waals surface area contributed by atoms with E-state index in [0.29, 0.717) is 23.4 Å². The van der Waals surface area contributed by atoms with E-state index in [2.05, 4.69) is 15.4 Å². The van der Waals surface area contributed by atoms with Crippen molar-refractivity contribution in [3.05, 3.63) is 62.9 Å². The number of halogens is 1. The van der Waals surface area contributed by atoms with Crippen LogP contribution in [-0.4, -0.2) is 19.5 Å². The highest BCUT2D eigenvalue weighted by atomic mass is 35.5. The monoisotopic (exact) mass is 343 g/mol. The normalized spacial score (nSPS) is 14.0. The maximum Gasteiger partial charge on any atom is 0.269 e. The molecule has 0 amide bonds. The number of nitro benzene ring substituents is 1. The number of nitrogens with one attached hydrogen (secondary N) is 1. The standard InChI is InChI=1S/C16H14ClN5O2/c17-14-7-15(18-8-10-2-1-3-12(6-10)22(23)24)21-16(20-14)13(9-19-21)11-4-5-11/h1-3,6-7,9,11,18H,4-5,8H2. The average molecular weight is 344 g/mol. The lowest BCUT2D eigenvalue weighted by Gasteiger charge is -2.09. The van der Waals surface area contributed by atoms with E-state index in [1.807, 2.05) is 12.3 Å². The summed E-state index contributed by atoms with van der Waals surface area (Å²) in [6.45, 7) is 0.426. The quantitative estimate of drug-likeness (QED) is 0.433. The highest BCUT2D eigenvalue weighted by Crippen LogP contribution is 2.42. The second kappa shape index (κ2) is 5.76. The molecule has 2 aromatic heterocycles. The molecule has 4 rings (SSSR count). The molecule has 0 saturated heterocycles. The van der Waals surface area contributed by atoms with E-state index in [4.69, 9.17) is 11.6 Å². The van der Waals surface area contributed by atoms with Crippen LogP contribution >= 0.6 is 11.6 Å². The number of rotatable bonds is 5. The Morgan fingerprint density at radius 1 is 1.38 bits per heavy atom. The highest BCUT2D eigenvalue weighted by molar-refractivity contribution is 6.29. The molecule has 2 heterocycles. The van der Waals surface area contributed by atoms with Gasteiger partial charge in [0.05, 0.1) is 11.1 Å². The molecule has 1 aliphatic carbocycles. The third-order valence-electron chi connectivity index (χ3n) is 4.08. The van der Waals surface area contributed by atoms with Crippen LogP contribution in [-0.2, 0) is 6.54 Å². The van der Waals surface area contributed by atoms with Crippen molar-refractivity contribution in [1.29, 1.82) is 0 Å². The van der Waals surface area contributed by atoms with Crippen molar-refractivity contribution in [2.45, 2.75) is 25.3 Å². The first-order valence-corrected chi connectivity index (χ1v) is 8.01. The number of aromatic nitrogens is 3.